The van der Waals surface area contributed by atoms with Crippen LogP contribution in [0.5, 0.6) is 0 Å². The molecule has 0 aliphatic carbocycles. The van der Waals surface area contributed by atoms with Crippen LogP contribution >= 0.6 is 0 Å². The first kappa shape index (κ1) is 15.7. The van der Waals surface area contributed by atoms with Gasteiger partial charge < -0.3 is 14.5 Å². The minimum atomic E-state index is -0.553. The monoisotopic (exact) mass is 315 g/mol. The fourth-order valence-electron chi connectivity index (χ4n) is 3.07. The fraction of sp³-hybridized carbons (Fsp3) is 0.471. The van der Waals surface area contributed by atoms with Gasteiger partial charge in [0.15, 0.2) is 0 Å². The highest BCUT2D eigenvalue weighted by Gasteiger charge is 2.35. The number of aryl methyl sites for hydroxylation is 3. The Morgan fingerprint density at radius 1 is 1.30 bits per heavy atom. The van der Waals surface area contributed by atoms with Gasteiger partial charge in [0.1, 0.15) is 5.76 Å². The standard InChI is InChI=1S/C17H21N3O3/c1-10-4-5-15(12(3)18-10)17(22)20-8-13(16(21)9-20)7-14-6-11(2)19-23-14/h4-6,13,16,21H,7-9H2,1-3H3. The van der Waals surface area contributed by atoms with Gasteiger partial charge >= 0.3 is 0 Å². The highest BCUT2D eigenvalue weighted by Crippen LogP contribution is 2.24. The van der Waals surface area contributed by atoms with Gasteiger partial charge in [-0.1, -0.05) is 5.16 Å². The van der Waals surface area contributed by atoms with E-state index in [0.29, 0.717) is 25.1 Å². The zero-order valence-corrected chi connectivity index (χ0v) is 13.6. The van der Waals surface area contributed by atoms with Gasteiger partial charge in [-0.2, -0.15) is 0 Å². The van der Waals surface area contributed by atoms with Gasteiger partial charge in [-0.3, -0.25) is 9.78 Å². The Kier molecular flexibility index (Phi) is 4.17. The van der Waals surface area contributed by atoms with Crippen LogP contribution in [0.25, 0.3) is 0 Å². The number of aliphatic hydroxyl groups is 1. The average Bonchev–Trinajstić information content (AvgIpc) is 3.05. The molecule has 3 rings (SSSR count). The third kappa shape index (κ3) is 3.27. The van der Waals surface area contributed by atoms with Gasteiger partial charge in [-0.05, 0) is 32.9 Å². The number of amides is 1. The summed E-state index contributed by atoms with van der Waals surface area (Å²) in [5.74, 6) is 0.629. The van der Waals surface area contributed by atoms with Crippen LogP contribution < -0.4 is 0 Å². The van der Waals surface area contributed by atoms with Crippen LogP contribution in [0.1, 0.15) is 33.2 Å². The van der Waals surface area contributed by atoms with Crippen molar-refractivity contribution in [2.24, 2.45) is 5.92 Å². The maximum absolute atomic E-state index is 12.7. The van der Waals surface area contributed by atoms with E-state index in [0.717, 1.165) is 22.8 Å². The molecule has 0 bridgehead atoms. The first-order valence-electron chi connectivity index (χ1n) is 7.78. The van der Waals surface area contributed by atoms with Crippen LogP contribution in [-0.2, 0) is 6.42 Å². The SMILES string of the molecule is Cc1cc(CC2CN(C(=O)c3ccc(C)nc3C)CC2O)on1. The second kappa shape index (κ2) is 6.12. The summed E-state index contributed by atoms with van der Waals surface area (Å²) in [5.41, 5.74) is 3.03. The van der Waals surface area contributed by atoms with Crippen molar-refractivity contribution in [1.29, 1.82) is 0 Å². The van der Waals surface area contributed by atoms with Crippen LogP contribution in [0.15, 0.2) is 22.7 Å². The molecule has 3 heterocycles. The number of aliphatic hydroxyl groups excluding tert-OH is 1. The van der Waals surface area contributed by atoms with Crippen molar-refractivity contribution in [2.75, 3.05) is 13.1 Å². The molecule has 0 radical (unpaired) electrons. The predicted molar refractivity (Wildman–Crippen MR) is 84.1 cm³/mol. The van der Waals surface area contributed by atoms with Crippen molar-refractivity contribution >= 4 is 5.91 Å². The summed E-state index contributed by atoms with van der Waals surface area (Å²) in [7, 11) is 0. The molecule has 0 aromatic carbocycles. The third-order valence-corrected chi connectivity index (χ3v) is 4.29. The lowest BCUT2D eigenvalue weighted by Crippen LogP contribution is -2.30. The summed E-state index contributed by atoms with van der Waals surface area (Å²) in [6.07, 6.45) is 0.0276. The molecule has 2 atom stereocenters. The number of aromatic nitrogens is 2. The van der Waals surface area contributed by atoms with Crippen molar-refractivity contribution in [3.8, 4) is 0 Å². The van der Waals surface area contributed by atoms with E-state index in [1.807, 2.05) is 32.9 Å². The van der Waals surface area contributed by atoms with E-state index in [4.69, 9.17) is 4.52 Å². The summed E-state index contributed by atoms with van der Waals surface area (Å²) in [6, 6.07) is 5.51. The molecular weight excluding hydrogens is 294 g/mol. The molecule has 1 fully saturated rings. The van der Waals surface area contributed by atoms with Gasteiger partial charge in [0.25, 0.3) is 5.91 Å². The molecule has 23 heavy (non-hydrogen) atoms. The molecule has 6 heteroatoms. The molecule has 1 aliphatic rings. The lowest BCUT2D eigenvalue weighted by molar-refractivity contribution is 0.0763. The molecule has 2 aromatic rings. The number of carbonyl (C=O) groups excluding carboxylic acids is 1. The zero-order chi connectivity index (χ0) is 16.6. The second-order valence-electron chi connectivity index (χ2n) is 6.26. The molecule has 1 amide bonds. The van der Waals surface area contributed by atoms with E-state index in [2.05, 4.69) is 10.1 Å². The Labute approximate surface area is 135 Å². The number of likely N-dealkylation sites (tertiary alicyclic amines) is 1. The van der Waals surface area contributed by atoms with Crippen molar-refractivity contribution in [2.45, 2.75) is 33.3 Å². The summed E-state index contributed by atoms with van der Waals surface area (Å²) in [4.78, 5) is 18.7. The summed E-state index contributed by atoms with van der Waals surface area (Å²) in [6.45, 7) is 6.44. The molecule has 2 aromatic heterocycles. The number of β-amino-alcohol motifs (C(OH)–C–C–N with tert-alkyl or cyclic N) is 1. The summed E-state index contributed by atoms with van der Waals surface area (Å²) in [5, 5.41) is 14.1. The predicted octanol–water partition coefficient (Wildman–Crippen LogP) is 1.67. The molecule has 0 saturated carbocycles. The number of carbonyl (C=O) groups is 1. The molecular formula is C17H21N3O3. The molecule has 1 N–H and O–H groups in total. The van der Waals surface area contributed by atoms with Gasteiger partial charge in [0.2, 0.25) is 0 Å². The maximum atomic E-state index is 12.7. The highest BCUT2D eigenvalue weighted by atomic mass is 16.5. The van der Waals surface area contributed by atoms with E-state index in [1.165, 1.54) is 0 Å². The van der Waals surface area contributed by atoms with Crippen LogP contribution in [-0.4, -0.2) is 45.2 Å². The molecule has 2 unspecified atom stereocenters. The lowest BCUT2D eigenvalue weighted by atomic mass is 10.0. The second-order valence-corrected chi connectivity index (χ2v) is 6.26. The molecule has 122 valence electrons. The minimum absolute atomic E-state index is 0.0370. The lowest BCUT2D eigenvalue weighted by Gasteiger charge is -2.17. The fourth-order valence-corrected chi connectivity index (χ4v) is 3.07. The van der Waals surface area contributed by atoms with Gasteiger partial charge in [0.05, 0.1) is 23.1 Å². The molecule has 1 aliphatic heterocycles. The normalized spacial score (nSPS) is 21.0. The van der Waals surface area contributed by atoms with E-state index in [9.17, 15) is 9.90 Å². The van der Waals surface area contributed by atoms with Crippen molar-refractivity contribution in [3.63, 3.8) is 0 Å². The number of hydrogen-bond acceptors (Lipinski definition) is 5. The third-order valence-electron chi connectivity index (χ3n) is 4.29. The van der Waals surface area contributed by atoms with Gasteiger partial charge in [0, 0.05) is 37.2 Å². The average molecular weight is 315 g/mol. The summed E-state index contributed by atoms with van der Waals surface area (Å²) < 4.78 is 5.21. The Balaban J connectivity index is 1.71. The Morgan fingerprint density at radius 2 is 2.09 bits per heavy atom. The highest BCUT2D eigenvalue weighted by molar-refractivity contribution is 5.95. The smallest absolute Gasteiger partial charge is 0.255 e. The number of rotatable bonds is 3. The van der Waals surface area contributed by atoms with E-state index in [-0.39, 0.29) is 11.8 Å². The Hall–Kier alpha value is -2.21. The molecule has 6 nitrogen and oxygen atoms in total. The van der Waals surface area contributed by atoms with Crippen LogP contribution in [0.4, 0.5) is 0 Å². The van der Waals surface area contributed by atoms with E-state index < -0.39 is 6.10 Å². The Bertz CT molecular complexity index is 726. The quantitative estimate of drug-likeness (QED) is 0.932. The topological polar surface area (TPSA) is 79.5 Å². The van der Waals surface area contributed by atoms with E-state index in [1.54, 1.807) is 11.0 Å². The molecule has 1 saturated heterocycles. The van der Waals surface area contributed by atoms with Gasteiger partial charge in [-0.15, -0.1) is 0 Å². The number of pyridine rings is 1. The minimum Gasteiger partial charge on any atom is -0.391 e. The maximum Gasteiger partial charge on any atom is 0.255 e. The van der Waals surface area contributed by atoms with Gasteiger partial charge in [-0.25, -0.2) is 0 Å². The number of hydrogen-bond donors (Lipinski definition) is 1. The van der Waals surface area contributed by atoms with Crippen molar-refractivity contribution in [3.05, 3.63) is 46.6 Å². The van der Waals surface area contributed by atoms with Crippen molar-refractivity contribution < 1.29 is 14.4 Å². The van der Waals surface area contributed by atoms with Crippen LogP contribution in [0, 0.1) is 26.7 Å². The Morgan fingerprint density at radius 3 is 2.74 bits per heavy atom. The van der Waals surface area contributed by atoms with E-state index >= 15 is 0 Å². The first-order chi connectivity index (χ1) is 10.9. The number of nitrogens with zero attached hydrogens (tertiary/aromatic N) is 3. The van der Waals surface area contributed by atoms with Crippen LogP contribution in [0.3, 0.4) is 0 Å². The molecule has 0 spiro atoms. The zero-order valence-electron chi connectivity index (χ0n) is 13.6. The first-order valence-corrected chi connectivity index (χ1v) is 7.78. The largest absolute Gasteiger partial charge is 0.391 e. The van der Waals surface area contributed by atoms with Crippen LogP contribution in [0.2, 0.25) is 0 Å². The van der Waals surface area contributed by atoms with Crippen molar-refractivity contribution in [1.82, 2.24) is 15.0 Å². The summed E-state index contributed by atoms with van der Waals surface area (Å²) >= 11 is 0.